The zero-order chi connectivity index (χ0) is 17.1. The van der Waals surface area contributed by atoms with Crippen molar-refractivity contribution in [3.8, 4) is 0 Å². The van der Waals surface area contributed by atoms with Gasteiger partial charge in [0.15, 0.2) is 0 Å². The Bertz CT molecular complexity index is 936. The van der Waals surface area contributed by atoms with E-state index in [1.807, 2.05) is 30.3 Å². The Balaban J connectivity index is 1.75. The summed E-state index contributed by atoms with van der Waals surface area (Å²) in [5.74, 6) is -0.887. The van der Waals surface area contributed by atoms with E-state index in [4.69, 9.17) is 23.2 Å². The molecule has 0 fully saturated rings. The topological polar surface area (TPSA) is 58.2 Å². The van der Waals surface area contributed by atoms with Crippen molar-refractivity contribution in [1.29, 1.82) is 0 Å². The van der Waals surface area contributed by atoms with Crippen LogP contribution in [0.25, 0.3) is 10.8 Å². The second kappa shape index (κ2) is 6.91. The minimum absolute atomic E-state index is 0.268. The van der Waals surface area contributed by atoms with Crippen LogP contribution >= 0.6 is 23.2 Å². The van der Waals surface area contributed by atoms with Crippen LogP contribution in [0.3, 0.4) is 0 Å². The van der Waals surface area contributed by atoms with Gasteiger partial charge in [0, 0.05) is 11.1 Å². The number of fused-ring (bicyclic) bond motifs is 1. The monoisotopic (exact) mass is 358 g/mol. The Hall–Kier alpha value is -2.56. The van der Waals surface area contributed by atoms with E-state index in [1.54, 1.807) is 12.1 Å². The van der Waals surface area contributed by atoms with Gasteiger partial charge in [0.2, 0.25) is 0 Å². The van der Waals surface area contributed by atoms with Gasteiger partial charge in [-0.05, 0) is 35.0 Å². The van der Waals surface area contributed by atoms with E-state index in [2.05, 4.69) is 10.9 Å². The molecule has 2 amide bonds. The number of benzene rings is 3. The molecule has 0 radical (unpaired) electrons. The van der Waals surface area contributed by atoms with E-state index in [0.717, 1.165) is 10.8 Å². The molecule has 0 heterocycles. The normalized spacial score (nSPS) is 10.4. The first-order valence-corrected chi connectivity index (χ1v) is 7.85. The van der Waals surface area contributed by atoms with Crippen LogP contribution in [0, 0.1) is 0 Å². The molecule has 0 aromatic heterocycles. The fourth-order valence-electron chi connectivity index (χ4n) is 2.31. The van der Waals surface area contributed by atoms with Crippen LogP contribution in [-0.4, -0.2) is 11.8 Å². The summed E-state index contributed by atoms with van der Waals surface area (Å²) >= 11 is 11.7. The lowest BCUT2D eigenvalue weighted by Crippen LogP contribution is -2.41. The van der Waals surface area contributed by atoms with Crippen LogP contribution in [-0.2, 0) is 0 Å². The molecule has 0 saturated heterocycles. The molecule has 0 aliphatic rings. The van der Waals surface area contributed by atoms with Crippen LogP contribution in [0.15, 0.2) is 60.7 Å². The molecule has 3 rings (SSSR count). The lowest BCUT2D eigenvalue weighted by atomic mass is 10.0. The molecule has 0 spiro atoms. The number of carbonyl (C=O) groups is 2. The van der Waals surface area contributed by atoms with Gasteiger partial charge in [-0.2, -0.15) is 0 Å². The minimum Gasteiger partial charge on any atom is -0.267 e. The SMILES string of the molecule is O=C(NNC(=O)c1cccc2ccccc12)c1ccc(Cl)c(Cl)c1. The molecule has 2 N–H and O–H groups in total. The predicted octanol–water partition coefficient (Wildman–Crippen LogP) is 4.22. The molecule has 120 valence electrons. The quantitative estimate of drug-likeness (QED) is 0.673. The number of rotatable bonds is 2. The van der Waals surface area contributed by atoms with Gasteiger partial charge in [-0.1, -0.05) is 59.6 Å². The second-order valence-electron chi connectivity index (χ2n) is 5.06. The summed E-state index contributed by atoms with van der Waals surface area (Å²) in [6.45, 7) is 0. The zero-order valence-electron chi connectivity index (χ0n) is 12.3. The summed E-state index contributed by atoms with van der Waals surface area (Å²) in [5.41, 5.74) is 5.55. The van der Waals surface area contributed by atoms with Gasteiger partial charge in [0.05, 0.1) is 10.0 Å². The number of amides is 2. The summed E-state index contributed by atoms with van der Waals surface area (Å²) in [6.07, 6.45) is 0. The van der Waals surface area contributed by atoms with E-state index in [0.29, 0.717) is 16.1 Å². The van der Waals surface area contributed by atoms with Gasteiger partial charge < -0.3 is 0 Å². The number of carbonyl (C=O) groups excluding carboxylic acids is 2. The van der Waals surface area contributed by atoms with Gasteiger partial charge in [-0.15, -0.1) is 0 Å². The molecular weight excluding hydrogens is 347 g/mol. The average Bonchev–Trinajstić information content (AvgIpc) is 2.61. The summed E-state index contributed by atoms with van der Waals surface area (Å²) in [6, 6.07) is 17.4. The van der Waals surface area contributed by atoms with Crippen molar-refractivity contribution < 1.29 is 9.59 Å². The Kier molecular flexibility index (Phi) is 4.69. The number of hydrogen-bond donors (Lipinski definition) is 2. The summed E-state index contributed by atoms with van der Waals surface area (Å²) in [4.78, 5) is 24.4. The average molecular weight is 359 g/mol. The van der Waals surface area contributed by atoms with Crippen molar-refractivity contribution >= 4 is 45.8 Å². The molecule has 3 aromatic rings. The number of hydrogen-bond acceptors (Lipinski definition) is 2. The first-order chi connectivity index (χ1) is 11.6. The highest BCUT2D eigenvalue weighted by molar-refractivity contribution is 6.42. The van der Waals surface area contributed by atoms with E-state index >= 15 is 0 Å². The van der Waals surface area contributed by atoms with Crippen LogP contribution in [0.5, 0.6) is 0 Å². The molecule has 0 aliphatic carbocycles. The highest BCUT2D eigenvalue weighted by Gasteiger charge is 2.12. The molecule has 0 unspecified atom stereocenters. The molecule has 0 bridgehead atoms. The van der Waals surface area contributed by atoms with E-state index in [1.165, 1.54) is 18.2 Å². The Labute approximate surface area is 148 Å². The third kappa shape index (κ3) is 3.35. The Morgan fingerprint density at radius 1 is 0.750 bits per heavy atom. The van der Waals surface area contributed by atoms with Crippen molar-refractivity contribution in [2.75, 3.05) is 0 Å². The summed E-state index contributed by atoms with van der Waals surface area (Å²) < 4.78 is 0. The maximum absolute atomic E-state index is 12.3. The maximum atomic E-state index is 12.3. The van der Waals surface area contributed by atoms with Crippen LogP contribution < -0.4 is 10.9 Å². The minimum atomic E-state index is -0.484. The third-order valence-corrected chi connectivity index (χ3v) is 4.24. The molecule has 3 aromatic carbocycles. The number of hydrazine groups is 1. The second-order valence-corrected chi connectivity index (χ2v) is 5.88. The molecule has 6 heteroatoms. The number of halogens is 2. The fraction of sp³-hybridized carbons (Fsp3) is 0. The molecule has 24 heavy (non-hydrogen) atoms. The molecular formula is C18H12Cl2N2O2. The maximum Gasteiger partial charge on any atom is 0.270 e. The van der Waals surface area contributed by atoms with Crippen molar-refractivity contribution in [1.82, 2.24) is 10.9 Å². The lowest BCUT2D eigenvalue weighted by Gasteiger charge is -2.10. The fourth-order valence-corrected chi connectivity index (χ4v) is 2.61. The Morgan fingerprint density at radius 3 is 2.25 bits per heavy atom. The van der Waals surface area contributed by atoms with Gasteiger partial charge in [0.25, 0.3) is 11.8 Å². The highest BCUT2D eigenvalue weighted by atomic mass is 35.5. The smallest absolute Gasteiger partial charge is 0.267 e. The van der Waals surface area contributed by atoms with Gasteiger partial charge in [-0.25, -0.2) is 0 Å². The molecule has 4 nitrogen and oxygen atoms in total. The van der Waals surface area contributed by atoms with E-state index in [-0.39, 0.29) is 5.02 Å². The highest BCUT2D eigenvalue weighted by Crippen LogP contribution is 2.22. The zero-order valence-corrected chi connectivity index (χ0v) is 13.9. The number of nitrogens with one attached hydrogen (secondary N) is 2. The third-order valence-electron chi connectivity index (χ3n) is 3.51. The Morgan fingerprint density at radius 2 is 1.46 bits per heavy atom. The summed E-state index contributed by atoms with van der Waals surface area (Å²) in [7, 11) is 0. The van der Waals surface area contributed by atoms with Gasteiger partial charge >= 0.3 is 0 Å². The predicted molar refractivity (Wildman–Crippen MR) is 95.3 cm³/mol. The van der Waals surface area contributed by atoms with Crippen molar-refractivity contribution in [2.24, 2.45) is 0 Å². The standard InChI is InChI=1S/C18H12Cl2N2O2/c19-15-9-8-12(10-16(15)20)17(23)21-22-18(24)14-7-3-5-11-4-1-2-6-13(11)14/h1-10H,(H,21,23)(H,22,24). The molecule has 0 atom stereocenters. The van der Waals surface area contributed by atoms with E-state index in [9.17, 15) is 9.59 Å². The largest absolute Gasteiger partial charge is 0.270 e. The van der Waals surface area contributed by atoms with Crippen LogP contribution in [0.2, 0.25) is 10.0 Å². The first-order valence-electron chi connectivity index (χ1n) is 7.10. The van der Waals surface area contributed by atoms with Gasteiger partial charge in [0.1, 0.15) is 0 Å². The van der Waals surface area contributed by atoms with Crippen molar-refractivity contribution in [3.63, 3.8) is 0 Å². The van der Waals surface area contributed by atoms with Crippen LogP contribution in [0.1, 0.15) is 20.7 Å². The lowest BCUT2D eigenvalue weighted by molar-refractivity contribution is 0.0847. The van der Waals surface area contributed by atoms with E-state index < -0.39 is 11.8 Å². The molecule has 0 aliphatic heterocycles. The molecule has 0 saturated carbocycles. The van der Waals surface area contributed by atoms with Gasteiger partial charge in [-0.3, -0.25) is 20.4 Å². The van der Waals surface area contributed by atoms with Crippen LogP contribution in [0.4, 0.5) is 0 Å². The van der Waals surface area contributed by atoms with Crippen molar-refractivity contribution in [2.45, 2.75) is 0 Å². The van der Waals surface area contributed by atoms with Crippen molar-refractivity contribution in [3.05, 3.63) is 81.8 Å². The first kappa shape index (κ1) is 16.3. The summed E-state index contributed by atoms with van der Waals surface area (Å²) in [5, 5.41) is 2.37.